The van der Waals surface area contributed by atoms with Crippen LogP contribution in [0.1, 0.15) is 55.2 Å². The van der Waals surface area contributed by atoms with E-state index in [4.69, 9.17) is 14.8 Å². The molecule has 5 heterocycles. The van der Waals surface area contributed by atoms with Crippen molar-refractivity contribution < 1.29 is 14.6 Å². The Labute approximate surface area is 273 Å². The molecule has 3 aliphatic heterocycles. The molecule has 8 bridgehead atoms. The number of piperazine rings is 1. The van der Waals surface area contributed by atoms with Crippen LogP contribution in [0.2, 0.25) is 0 Å². The minimum Gasteiger partial charge on any atom is -0.493 e. The van der Waals surface area contributed by atoms with Crippen molar-refractivity contribution in [3.05, 3.63) is 59.2 Å². The lowest BCUT2D eigenvalue weighted by molar-refractivity contribution is -0.136. The van der Waals surface area contributed by atoms with E-state index >= 15 is 0 Å². The number of nitrogens with zero attached hydrogens (tertiary/aromatic N) is 5. The number of anilines is 1. The fourth-order valence-electron chi connectivity index (χ4n) is 8.04. The summed E-state index contributed by atoms with van der Waals surface area (Å²) in [7, 11) is 4.31. The number of aromatic nitrogens is 3. The number of likely N-dealkylation sites (N-methyl/N-ethyl adjacent to an activating group) is 1. The summed E-state index contributed by atoms with van der Waals surface area (Å²) in [6, 6.07) is 15.6. The lowest BCUT2D eigenvalue weighted by atomic mass is 9.83. The first kappa shape index (κ1) is 29.5. The average Bonchev–Trinajstić information content (AvgIpc) is 3.61. The van der Waals surface area contributed by atoms with Crippen LogP contribution in [0.15, 0.2) is 42.5 Å². The van der Waals surface area contributed by atoms with Crippen LogP contribution in [0.3, 0.4) is 0 Å². The highest BCUT2D eigenvalue weighted by atomic mass is 32.1. The molecule has 0 aliphatic carbocycles. The first-order valence-electron chi connectivity index (χ1n) is 16.6. The molecule has 3 unspecified atom stereocenters. The van der Waals surface area contributed by atoms with Crippen molar-refractivity contribution in [1.29, 1.82) is 0 Å². The van der Waals surface area contributed by atoms with Gasteiger partial charge in [0, 0.05) is 49.2 Å². The number of carbonyl (C=O) groups is 1. The molecule has 0 saturated carbocycles. The van der Waals surface area contributed by atoms with Gasteiger partial charge < -0.3 is 14.7 Å². The van der Waals surface area contributed by atoms with Gasteiger partial charge in [0.25, 0.3) is 0 Å². The molecule has 8 rings (SSSR count). The summed E-state index contributed by atoms with van der Waals surface area (Å²) in [4.78, 5) is 22.4. The lowest BCUT2D eigenvalue weighted by Gasteiger charge is -2.41. The Bertz CT molecular complexity index is 2000. The van der Waals surface area contributed by atoms with E-state index in [-0.39, 0.29) is 6.42 Å². The topological polar surface area (TPSA) is 83.7 Å². The summed E-state index contributed by atoms with van der Waals surface area (Å²) < 4.78 is 9.21. The highest BCUT2D eigenvalue weighted by molar-refractivity contribution is 7.22. The summed E-state index contributed by atoms with van der Waals surface area (Å²) in [5, 5.41) is 17.1. The molecular weight excluding hydrogens is 595 g/mol. The van der Waals surface area contributed by atoms with Crippen LogP contribution in [0.25, 0.3) is 42.8 Å². The number of aryl methyl sites for hydroxylation is 2. The third kappa shape index (κ3) is 5.04. The van der Waals surface area contributed by atoms with Crippen molar-refractivity contribution in [3.63, 3.8) is 0 Å². The van der Waals surface area contributed by atoms with Crippen LogP contribution in [0.5, 0.6) is 5.75 Å². The molecule has 1 fully saturated rings. The van der Waals surface area contributed by atoms with E-state index in [9.17, 15) is 9.90 Å². The van der Waals surface area contributed by atoms with Gasteiger partial charge in [-0.3, -0.25) is 14.4 Å². The number of thiazole rings is 1. The predicted molar refractivity (Wildman–Crippen MR) is 185 cm³/mol. The molecule has 3 atom stereocenters. The highest BCUT2D eigenvalue weighted by Gasteiger charge is 2.30. The molecule has 2 aromatic heterocycles. The third-order valence-corrected chi connectivity index (χ3v) is 11.8. The maximum Gasteiger partial charge on any atom is 0.307 e. The highest BCUT2D eigenvalue weighted by Crippen LogP contribution is 2.45. The smallest absolute Gasteiger partial charge is 0.307 e. The molecule has 0 spiro atoms. The summed E-state index contributed by atoms with van der Waals surface area (Å²) in [5.41, 5.74) is 8.18. The molecule has 3 aromatic carbocycles. The molecular formula is C37H41N5O3S. The van der Waals surface area contributed by atoms with E-state index in [0.717, 1.165) is 117 Å². The van der Waals surface area contributed by atoms with Crippen molar-refractivity contribution in [3.8, 4) is 27.4 Å². The summed E-state index contributed by atoms with van der Waals surface area (Å²) in [6.07, 6.45) is 4.40. The molecule has 46 heavy (non-hydrogen) atoms. The zero-order chi connectivity index (χ0) is 31.7. The van der Waals surface area contributed by atoms with E-state index in [1.807, 2.05) is 18.7 Å². The number of fused-ring (bicyclic) bond motifs is 8. The van der Waals surface area contributed by atoms with Gasteiger partial charge >= 0.3 is 5.97 Å². The van der Waals surface area contributed by atoms with E-state index in [1.165, 1.54) is 5.56 Å². The second-order valence-corrected chi connectivity index (χ2v) is 14.7. The Balaban J connectivity index is 1.36. The van der Waals surface area contributed by atoms with Crippen molar-refractivity contribution in [1.82, 2.24) is 19.7 Å². The molecule has 238 valence electrons. The maximum absolute atomic E-state index is 12.2. The monoisotopic (exact) mass is 635 g/mol. The van der Waals surface area contributed by atoms with Crippen LogP contribution in [0, 0.1) is 12.8 Å². The Hall–Kier alpha value is -3.95. The number of hydrogen-bond donors (Lipinski definition) is 1. The van der Waals surface area contributed by atoms with Crippen molar-refractivity contribution in [2.75, 3.05) is 38.2 Å². The van der Waals surface area contributed by atoms with Crippen molar-refractivity contribution in [2.24, 2.45) is 13.0 Å². The summed E-state index contributed by atoms with van der Waals surface area (Å²) in [5.74, 6) is 2.19. The summed E-state index contributed by atoms with van der Waals surface area (Å²) >= 11 is 1.66. The SMILES string of the molecule is Cc1cc2nc3sc2c(c1CC(=O)O)-c1ccc2c(c1)C(CCO2)CCC(C)CC1CN(CCN1C)c1nn(C)c2ccc-3cc12. The van der Waals surface area contributed by atoms with Crippen LogP contribution in [-0.4, -0.2) is 70.1 Å². The zero-order valence-corrected chi connectivity index (χ0v) is 27.9. The van der Waals surface area contributed by atoms with Gasteiger partial charge in [0.1, 0.15) is 10.8 Å². The van der Waals surface area contributed by atoms with Gasteiger partial charge in [-0.15, -0.1) is 11.3 Å². The fraction of sp³-hybridized carbons (Fsp3) is 0.432. The maximum atomic E-state index is 12.2. The molecule has 9 heteroatoms. The Morgan fingerprint density at radius 2 is 1.91 bits per heavy atom. The van der Waals surface area contributed by atoms with Crippen molar-refractivity contribution >= 4 is 44.2 Å². The molecule has 0 amide bonds. The minimum atomic E-state index is -0.826. The standard InChI is InChI=1S/C37H41N5O3S/c1-21-5-6-23-11-14-45-32-10-8-24(17-28(23)32)34-27(19-33(43)44)22(2)16-30-35(34)46-37(38-30)25-7-9-31-29(18-25)36(39-41(31)4)42-13-12-40(3)26(15-21)20-42/h7-10,16-18,21,23,26H,5-6,11-15,19-20H2,1-4H3,(H,43,44). The fourth-order valence-corrected chi connectivity index (χ4v) is 9.17. The Kier molecular flexibility index (Phi) is 7.29. The number of carboxylic acids is 1. The van der Waals surface area contributed by atoms with E-state index in [1.54, 1.807) is 11.3 Å². The molecule has 1 N–H and O–H groups in total. The van der Waals surface area contributed by atoms with Crippen LogP contribution >= 0.6 is 11.3 Å². The normalized spacial score (nSPS) is 21.7. The lowest BCUT2D eigenvalue weighted by Crippen LogP contribution is -2.52. The molecule has 3 aliphatic rings. The van der Waals surface area contributed by atoms with Crippen LogP contribution in [0.4, 0.5) is 5.82 Å². The van der Waals surface area contributed by atoms with Crippen LogP contribution in [-0.2, 0) is 18.3 Å². The number of rotatable bonds is 2. The average molecular weight is 636 g/mol. The van der Waals surface area contributed by atoms with Gasteiger partial charge in [0.15, 0.2) is 5.82 Å². The summed E-state index contributed by atoms with van der Waals surface area (Å²) in [6.45, 7) is 8.10. The Morgan fingerprint density at radius 1 is 1.07 bits per heavy atom. The second-order valence-electron chi connectivity index (χ2n) is 13.7. The quantitative estimate of drug-likeness (QED) is 0.219. The van der Waals surface area contributed by atoms with Gasteiger partial charge in [-0.2, -0.15) is 5.10 Å². The molecule has 8 nitrogen and oxygen atoms in total. The van der Waals surface area contributed by atoms with Crippen LogP contribution < -0.4 is 9.64 Å². The number of carboxylic acid groups (broad SMARTS) is 1. The second kappa shape index (κ2) is 11.4. The largest absolute Gasteiger partial charge is 0.493 e. The van der Waals surface area contributed by atoms with E-state index in [2.05, 4.69) is 66.2 Å². The number of benzene rings is 3. The molecule has 0 radical (unpaired) electrons. The number of aliphatic carboxylic acids is 1. The minimum absolute atomic E-state index is 0.0324. The van der Waals surface area contributed by atoms with E-state index in [0.29, 0.717) is 17.9 Å². The molecule has 5 aromatic rings. The zero-order valence-electron chi connectivity index (χ0n) is 27.0. The third-order valence-electron chi connectivity index (χ3n) is 10.6. The van der Waals surface area contributed by atoms with E-state index < -0.39 is 5.97 Å². The Morgan fingerprint density at radius 3 is 2.76 bits per heavy atom. The number of hydrogen-bond acceptors (Lipinski definition) is 7. The predicted octanol–water partition coefficient (Wildman–Crippen LogP) is 7.26. The van der Waals surface area contributed by atoms with Gasteiger partial charge in [-0.1, -0.05) is 19.4 Å². The molecule has 1 saturated heterocycles. The van der Waals surface area contributed by atoms with Crippen molar-refractivity contribution in [2.45, 2.75) is 57.9 Å². The van der Waals surface area contributed by atoms with Gasteiger partial charge in [-0.05, 0) is 104 Å². The number of ether oxygens (including phenoxy) is 1. The first-order valence-corrected chi connectivity index (χ1v) is 17.4. The first-order chi connectivity index (χ1) is 22.2. The van der Waals surface area contributed by atoms with Gasteiger partial charge in [0.05, 0.1) is 28.8 Å². The van der Waals surface area contributed by atoms with Gasteiger partial charge in [-0.25, -0.2) is 4.98 Å². The van der Waals surface area contributed by atoms with Gasteiger partial charge in [0.2, 0.25) is 0 Å².